The van der Waals surface area contributed by atoms with E-state index in [2.05, 4.69) is 24.3 Å². The van der Waals surface area contributed by atoms with Crippen LogP contribution in [0.15, 0.2) is 24.3 Å². The van der Waals surface area contributed by atoms with E-state index in [1.807, 2.05) is 0 Å². The lowest BCUT2D eigenvalue weighted by Gasteiger charge is -2.23. The maximum absolute atomic E-state index is 5.97. The summed E-state index contributed by atoms with van der Waals surface area (Å²) in [6.45, 7) is 0.878. The summed E-state index contributed by atoms with van der Waals surface area (Å²) < 4.78 is 11.2. The van der Waals surface area contributed by atoms with Gasteiger partial charge in [-0.3, -0.25) is 0 Å². The van der Waals surface area contributed by atoms with Crippen LogP contribution >= 0.6 is 0 Å². The Kier molecular flexibility index (Phi) is 2.83. The van der Waals surface area contributed by atoms with Gasteiger partial charge in [0.15, 0.2) is 0 Å². The molecule has 1 atom stereocenters. The fraction of sp³-hybridized carbons (Fsp3) is 0.571. The normalized spacial score (nSPS) is 25.4. The van der Waals surface area contributed by atoms with Crippen molar-refractivity contribution in [1.82, 2.24) is 0 Å². The van der Waals surface area contributed by atoms with Gasteiger partial charge in [0.25, 0.3) is 0 Å². The standard InChI is InChI=1S/C14H18O2/c1-2-4-12(5-3-1)16-13-8-6-11(7-9-13)14-10-15-14/h6-9,12,14H,1-5,10H2/t14-/m1/s1. The molecule has 2 nitrogen and oxygen atoms in total. The molecule has 3 rings (SSSR count). The fourth-order valence-electron chi connectivity index (χ4n) is 2.38. The Hall–Kier alpha value is -1.02. The van der Waals surface area contributed by atoms with E-state index < -0.39 is 0 Å². The van der Waals surface area contributed by atoms with Gasteiger partial charge in [0, 0.05) is 0 Å². The number of epoxide rings is 1. The van der Waals surface area contributed by atoms with Crippen molar-refractivity contribution in [2.75, 3.05) is 6.61 Å². The molecule has 2 heteroatoms. The lowest BCUT2D eigenvalue weighted by molar-refractivity contribution is 0.155. The van der Waals surface area contributed by atoms with E-state index in [0.29, 0.717) is 12.2 Å². The lowest BCUT2D eigenvalue weighted by atomic mass is 9.98. The van der Waals surface area contributed by atoms with Gasteiger partial charge in [-0.25, -0.2) is 0 Å². The van der Waals surface area contributed by atoms with Crippen molar-refractivity contribution in [3.8, 4) is 5.75 Å². The first-order valence-electron chi connectivity index (χ1n) is 6.30. The summed E-state index contributed by atoms with van der Waals surface area (Å²) in [5.74, 6) is 1.01. The van der Waals surface area contributed by atoms with E-state index in [0.717, 1.165) is 12.4 Å². The van der Waals surface area contributed by atoms with E-state index in [1.165, 1.54) is 37.7 Å². The molecule has 0 unspecified atom stereocenters. The Morgan fingerprint density at radius 1 is 1.00 bits per heavy atom. The number of hydrogen-bond donors (Lipinski definition) is 0. The molecule has 0 N–H and O–H groups in total. The van der Waals surface area contributed by atoms with Crippen LogP contribution in [-0.2, 0) is 4.74 Å². The molecule has 86 valence electrons. The minimum absolute atomic E-state index is 0.351. The second-order valence-corrected chi connectivity index (χ2v) is 4.77. The monoisotopic (exact) mass is 218 g/mol. The molecule has 1 saturated carbocycles. The highest BCUT2D eigenvalue weighted by atomic mass is 16.6. The van der Waals surface area contributed by atoms with Crippen molar-refractivity contribution in [3.63, 3.8) is 0 Å². The Bertz CT molecular complexity index is 334. The molecule has 1 heterocycles. The Labute approximate surface area is 96.6 Å². The van der Waals surface area contributed by atoms with Gasteiger partial charge in [0.1, 0.15) is 11.9 Å². The maximum atomic E-state index is 5.97. The van der Waals surface area contributed by atoms with Crippen LogP contribution in [-0.4, -0.2) is 12.7 Å². The van der Waals surface area contributed by atoms with Crippen LogP contribution in [0.5, 0.6) is 5.75 Å². The van der Waals surface area contributed by atoms with Crippen molar-refractivity contribution in [1.29, 1.82) is 0 Å². The first-order valence-corrected chi connectivity index (χ1v) is 6.30. The zero-order chi connectivity index (χ0) is 10.8. The van der Waals surface area contributed by atoms with Crippen LogP contribution in [0.2, 0.25) is 0 Å². The van der Waals surface area contributed by atoms with Gasteiger partial charge in [-0.2, -0.15) is 0 Å². The van der Waals surface area contributed by atoms with E-state index in [9.17, 15) is 0 Å². The molecule has 0 bridgehead atoms. The third kappa shape index (κ3) is 2.38. The molecule has 2 fully saturated rings. The quantitative estimate of drug-likeness (QED) is 0.724. The van der Waals surface area contributed by atoms with Gasteiger partial charge in [-0.15, -0.1) is 0 Å². The van der Waals surface area contributed by atoms with E-state index >= 15 is 0 Å². The van der Waals surface area contributed by atoms with Gasteiger partial charge in [-0.1, -0.05) is 18.6 Å². The summed E-state index contributed by atoms with van der Waals surface area (Å²) in [5.41, 5.74) is 1.27. The Morgan fingerprint density at radius 3 is 2.31 bits per heavy atom. The van der Waals surface area contributed by atoms with Crippen LogP contribution < -0.4 is 4.74 Å². The van der Waals surface area contributed by atoms with Gasteiger partial charge < -0.3 is 9.47 Å². The molecule has 1 aliphatic carbocycles. The average Bonchev–Trinajstić information content (AvgIpc) is 3.15. The van der Waals surface area contributed by atoms with Crippen LogP contribution in [0.25, 0.3) is 0 Å². The molecule has 0 amide bonds. The van der Waals surface area contributed by atoms with Gasteiger partial charge in [0.05, 0.1) is 12.7 Å². The molecule has 1 aliphatic heterocycles. The van der Waals surface area contributed by atoms with Crippen LogP contribution in [0.3, 0.4) is 0 Å². The zero-order valence-corrected chi connectivity index (χ0v) is 9.52. The molecule has 16 heavy (non-hydrogen) atoms. The summed E-state index contributed by atoms with van der Waals surface area (Å²) in [6.07, 6.45) is 7.23. The predicted octanol–water partition coefficient (Wildman–Crippen LogP) is 3.47. The molecular weight excluding hydrogens is 200 g/mol. The van der Waals surface area contributed by atoms with Gasteiger partial charge in [0.2, 0.25) is 0 Å². The highest BCUT2D eigenvalue weighted by molar-refractivity contribution is 5.30. The second kappa shape index (κ2) is 4.46. The third-order valence-electron chi connectivity index (χ3n) is 3.44. The Morgan fingerprint density at radius 2 is 1.69 bits per heavy atom. The van der Waals surface area contributed by atoms with Crippen molar-refractivity contribution in [3.05, 3.63) is 29.8 Å². The molecule has 1 aromatic rings. The summed E-state index contributed by atoms with van der Waals surface area (Å²) >= 11 is 0. The molecular formula is C14H18O2. The minimum Gasteiger partial charge on any atom is -0.490 e. The van der Waals surface area contributed by atoms with Crippen molar-refractivity contribution in [2.24, 2.45) is 0 Å². The molecule has 1 aromatic carbocycles. The van der Waals surface area contributed by atoms with Crippen LogP contribution in [0.1, 0.15) is 43.8 Å². The van der Waals surface area contributed by atoms with Crippen molar-refractivity contribution >= 4 is 0 Å². The highest BCUT2D eigenvalue weighted by Crippen LogP contribution is 2.31. The zero-order valence-electron chi connectivity index (χ0n) is 9.52. The summed E-state index contributed by atoms with van der Waals surface area (Å²) in [7, 11) is 0. The number of hydrogen-bond acceptors (Lipinski definition) is 2. The van der Waals surface area contributed by atoms with E-state index in [1.54, 1.807) is 0 Å². The van der Waals surface area contributed by atoms with E-state index in [4.69, 9.17) is 9.47 Å². The lowest BCUT2D eigenvalue weighted by Crippen LogP contribution is -2.19. The molecule has 1 saturated heterocycles. The number of ether oxygens (including phenoxy) is 2. The predicted molar refractivity (Wildman–Crippen MR) is 62.6 cm³/mol. The fourth-order valence-corrected chi connectivity index (χ4v) is 2.38. The number of benzene rings is 1. The van der Waals surface area contributed by atoms with Gasteiger partial charge >= 0.3 is 0 Å². The minimum atomic E-state index is 0.351. The highest BCUT2D eigenvalue weighted by Gasteiger charge is 2.24. The van der Waals surface area contributed by atoms with Gasteiger partial charge in [-0.05, 0) is 43.4 Å². The summed E-state index contributed by atoms with van der Waals surface area (Å²) in [5, 5.41) is 0. The second-order valence-electron chi connectivity index (χ2n) is 4.77. The summed E-state index contributed by atoms with van der Waals surface area (Å²) in [6, 6.07) is 8.39. The smallest absolute Gasteiger partial charge is 0.119 e. The molecule has 0 aromatic heterocycles. The van der Waals surface area contributed by atoms with Crippen molar-refractivity contribution in [2.45, 2.75) is 44.3 Å². The first-order chi connectivity index (χ1) is 7.92. The van der Waals surface area contributed by atoms with Crippen molar-refractivity contribution < 1.29 is 9.47 Å². The Balaban J connectivity index is 1.60. The molecule has 2 aliphatic rings. The topological polar surface area (TPSA) is 21.8 Å². The summed E-state index contributed by atoms with van der Waals surface area (Å²) in [4.78, 5) is 0. The first kappa shape index (κ1) is 10.2. The van der Waals surface area contributed by atoms with Crippen LogP contribution in [0.4, 0.5) is 0 Å². The van der Waals surface area contributed by atoms with E-state index in [-0.39, 0.29) is 0 Å². The largest absolute Gasteiger partial charge is 0.490 e. The molecule has 0 spiro atoms. The molecule has 0 radical (unpaired) electrons. The maximum Gasteiger partial charge on any atom is 0.119 e. The van der Waals surface area contributed by atoms with Crippen LogP contribution in [0, 0.1) is 0 Å². The SMILES string of the molecule is c1cc([C@H]2CO2)ccc1OC1CCCCC1. The number of rotatable bonds is 3. The third-order valence-corrected chi connectivity index (χ3v) is 3.44. The average molecular weight is 218 g/mol.